The molecule has 9 nitrogen and oxygen atoms in total. The quantitative estimate of drug-likeness (QED) is 0.558. The molecule has 11 heteroatoms. The molecule has 0 spiro atoms. The Hall–Kier alpha value is -2.76. The van der Waals surface area contributed by atoms with E-state index < -0.39 is 21.8 Å². The molecule has 3 amide bonds. The van der Waals surface area contributed by atoms with Crippen molar-refractivity contribution >= 4 is 39.1 Å². The van der Waals surface area contributed by atoms with Crippen LogP contribution in [0.15, 0.2) is 41.3 Å². The summed E-state index contributed by atoms with van der Waals surface area (Å²) in [5, 5.41) is 2.46. The first-order chi connectivity index (χ1) is 14.8. The number of piperidine rings is 1. The van der Waals surface area contributed by atoms with Crippen LogP contribution in [-0.2, 0) is 14.8 Å². The van der Waals surface area contributed by atoms with E-state index in [4.69, 9.17) is 0 Å². The van der Waals surface area contributed by atoms with Crippen LogP contribution in [0.25, 0.3) is 0 Å². The monoisotopic (exact) mass is 464 g/mol. The second-order valence-corrected chi connectivity index (χ2v) is 10.3. The van der Waals surface area contributed by atoms with E-state index in [2.05, 4.69) is 16.2 Å². The van der Waals surface area contributed by atoms with Gasteiger partial charge in [-0.15, -0.1) is 11.3 Å². The number of nitrogens with zero attached hydrogens (tertiary/aromatic N) is 1. The Kier molecular flexibility index (Phi) is 7.42. The third-order valence-corrected chi connectivity index (χ3v) is 7.63. The van der Waals surface area contributed by atoms with E-state index >= 15 is 0 Å². The number of hydrogen-bond donors (Lipinski definition) is 3. The largest absolute Gasteiger partial charge is 0.342 e. The Labute approximate surface area is 184 Å². The second-order valence-electron chi connectivity index (χ2n) is 7.09. The molecule has 166 valence electrons. The normalized spacial score (nSPS) is 14.6. The number of hydrazine groups is 1. The summed E-state index contributed by atoms with van der Waals surface area (Å²) in [5.74, 6) is -1.66. The van der Waals surface area contributed by atoms with Crippen LogP contribution in [0.2, 0.25) is 0 Å². The van der Waals surface area contributed by atoms with E-state index in [0.29, 0.717) is 18.0 Å². The first-order valence-corrected chi connectivity index (χ1v) is 12.1. The van der Waals surface area contributed by atoms with Crippen molar-refractivity contribution in [3.63, 3.8) is 0 Å². The fourth-order valence-corrected chi connectivity index (χ4v) is 5.45. The molecule has 0 atom stereocenters. The zero-order valence-corrected chi connectivity index (χ0v) is 18.6. The number of thiophene rings is 1. The molecule has 2 aromatic rings. The van der Waals surface area contributed by atoms with Crippen molar-refractivity contribution in [1.82, 2.24) is 20.5 Å². The zero-order valence-electron chi connectivity index (χ0n) is 17.0. The van der Waals surface area contributed by atoms with E-state index in [1.54, 1.807) is 12.1 Å². The average Bonchev–Trinajstić information content (AvgIpc) is 3.23. The van der Waals surface area contributed by atoms with E-state index in [9.17, 15) is 22.8 Å². The molecule has 1 saturated heterocycles. The molecule has 31 heavy (non-hydrogen) atoms. The molecule has 2 heterocycles. The summed E-state index contributed by atoms with van der Waals surface area (Å²) in [6.45, 7) is 2.48. The van der Waals surface area contributed by atoms with E-state index in [1.165, 1.54) is 39.9 Å². The number of amides is 3. The zero-order chi connectivity index (χ0) is 22.4. The Balaban J connectivity index is 1.54. The minimum Gasteiger partial charge on any atom is -0.342 e. The van der Waals surface area contributed by atoms with Gasteiger partial charge in [0.15, 0.2) is 0 Å². The molecule has 1 aromatic carbocycles. The third kappa shape index (κ3) is 5.90. The van der Waals surface area contributed by atoms with Crippen molar-refractivity contribution < 1.29 is 22.8 Å². The van der Waals surface area contributed by atoms with Crippen molar-refractivity contribution in [2.45, 2.75) is 31.1 Å². The Morgan fingerprint density at radius 2 is 1.74 bits per heavy atom. The molecule has 3 rings (SSSR count). The average molecular weight is 465 g/mol. The van der Waals surface area contributed by atoms with Crippen LogP contribution < -0.4 is 16.2 Å². The molecular weight excluding hydrogens is 440 g/mol. The highest BCUT2D eigenvalue weighted by Crippen LogP contribution is 2.21. The van der Waals surface area contributed by atoms with E-state index in [-0.39, 0.29) is 22.9 Å². The predicted molar refractivity (Wildman–Crippen MR) is 116 cm³/mol. The highest BCUT2D eigenvalue weighted by molar-refractivity contribution is 7.89. The lowest BCUT2D eigenvalue weighted by Gasteiger charge is -2.26. The fraction of sp³-hybridized carbons (Fsp3) is 0.350. The number of nitrogens with one attached hydrogen (secondary N) is 3. The highest BCUT2D eigenvalue weighted by atomic mass is 32.2. The molecule has 1 aliphatic rings. The molecule has 1 aromatic heterocycles. The number of rotatable bonds is 6. The minimum absolute atomic E-state index is 0.0341. The highest BCUT2D eigenvalue weighted by Gasteiger charge is 2.26. The lowest BCUT2D eigenvalue weighted by molar-refractivity contribution is -0.120. The number of hydrogen-bond acceptors (Lipinski definition) is 6. The second kappa shape index (κ2) is 10.0. The number of aryl methyl sites for hydroxylation is 1. The number of carbonyl (C=O) groups excluding carboxylic acids is 3. The lowest BCUT2D eigenvalue weighted by atomic mass is 10.2. The van der Waals surface area contributed by atoms with Gasteiger partial charge in [-0.2, -0.15) is 4.31 Å². The predicted octanol–water partition coefficient (Wildman–Crippen LogP) is 1.42. The molecule has 0 radical (unpaired) electrons. The standard InChI is InChI=1S/C20H24N4O5S2/c1-14-8-9-17(30-14)20(27)21-13-18(25)22-23-19(26)15-6-5-7-16(12-15)31(28,29)24-10-3-2-4-11-24/h5-9,12H,2-4,10-11,13H2,1H3,(H,21,27)(H,22,25)(H,23,26). The third-order valence-electron chi connectivity index (χ3n) is 4.74. The van der Waals surface area contributed by atoms with Gasteiger partial charge in [0.05, 0.1) is 16.3 Å². The summed E-state index contributed by atoms with van der Waals surface area (Å²) in [4.78, 5) is 37.7. The number of benzene rings is 1. The number of sulfonamides is 1. The first-order valence-electron chi connectivity index (χ1n) is 9.81. The Morgan fingerprint density at radius 3 is 2.42 bits per heavy atom. The fourth-order valence-electron chi connectivity index (χ4n) is 3.10. The summed E-state index contributed by atoms with van der Waals surface area (Å²) in [6, 6.07) is 9.14. The van der Waals surface area contributed by atoms with Gasteiger partial charge in [-0.3, -0.25) is 25.2 Å². The van der Waals surface area contributed by atoms with Gasteiger partial charge in [-0.1, -0.05) is 12.5 Å². The summed E-state index contributed by atoms with van der Waals surface area (Å²) in [6.07, 6.45) is 2.63. The maximum Gasteiger partial charge on any atom is 0.269 e. The van der Waals surface area contributed by atoms with Crippen molar-refractivity contribution in [2.24, 2.45) is 0 Å². The van der Waals surface area contributed by atoms with Gasteiger partial charge in [-0.05, 0) is 50.1 Å². The van der Waals surface area contributed by atoms with E-state index in [0.717, 1.165) is 24.1 Å². The lowest BCUT2D eigenvalue weighted by Crippen LogP contribution is -2.46. The Bertz CT molecular complexity index is 1070. The summed E-state index contributed by atoms with van der Waals surface area (Å²) in [5.41, 5.74) is 4.53. The van der Waals surface area contributed by atoms with Gasteiger partial charge in [0.1, 0.15) is 0 Å². The van der Waals surface area contributed by atoms with Crippen molar-refractivity contribution in [2.75, 3.05) is 19.6 Å². The molecule has 1 aliphatic heterocycles. The number of carbonyl (C=O) groups is 3. The van der Waals surface area contributed by atoms with Crippen LogP contribution in [0.5, 0.6) is 0 Å². The van der Waals surface area contributed by atoms with Crippen molar-refractivity contribution in [3.05, 3.63) is 51.7 Å². The van der Waals surface area contributed by atoms with Crippen LogP contribution >= 0.6 is 11.3 Å². The van der Waals surface area contributed by atoms with Gasteiger partial charge in [-0.25, -0.2) is 8.42 Å². The van der Waals surface area contributed by atoms with Crippen LogP contribution in [0.4, 0.5) is 0 Å². The topological polar surface area (TPSA) is 125 Å². The van der Waals surface area contributed by atoms with Crippen LogP contribution in [0, 0.1) is 6.92 Å². The Morgan fingerprint density at radius 1 is 1.00 bits per heavy atom. The van der Waals surface area contributed by atoms with Crippen LogP contribution in [0.1, 0.15) is 44.2 Å². The maximum atomic E-state index is 12.8. The van der Waals surface area contributed by atoms with Crippen molar-refractivity contribution in [3.8, 4) is 0 Å². The van der Waals surface area contributed by atoms with E-state index in [1.807, 2.05) is 6.92 Å². The van der Waals surface area contributed by atoms with Gasteiger partial charge in [0.2, 0.25) is 10.0 Å². The molecule has 3 N–H and O–H groups in total. The summed E-state index contributed by atoms with van der Waals surface area (Å²) >= 11 is 1.31. The van der Waals surface area contributed by atoms with Crippen LogP contribution in [0.3, 0.4) is 0 Å². The van der Waals surface area contributed by atoms with Gasteiger partial charge in [0, 0.05) is 23.5 Å². The molecular formula is C20H24N4O5S2. The van der Waals surface area contributed by atoms with Gasteiger partial charge >= 0.3 is 0 Å². The summed E-state index contributed by atoms with van der Waals surface area (Å²) in [7, 11) is -3.67. The minimum atomic E-state index is -3.67. The van der Waals surface area contributed by atoms with Gasteiger partial charge in [0.25, 0.3) is 17.7 Å². The SMILES string of the molecule is Cc1ccc(C(=O)NCC(=O)NNC(=O)c2cccc(S(=O)(=O)N3CCCCC3)c2)s1. The molecule has 0 bridgehead atoms. The molecule has 0 saturated carbocycles. The summed E-state index contributed by atoms with van der Waals surface area (Å²) < 4.78 is 27.0. The molecule has 0 aliphatic carbocycles. The smallest absolute Gasteiger partial charge is 0.269 e. The molecule has 1 fully saturated rings. The maximum absolute atomic E-state index is 12.8. The van der Waals surface area contributed by atoms with Crippen LogP contribution in [-0.4, -0.2) is 50.1 Å². The molecule has 0 unspecified atom stereocenters. The van der Waals surface area contributed by atoms with Gasteiger partial charge < -0.3 is 5.32 Å². The first kappa shape index (κ1) is 22.9. The van der Waals surface area contributed by atoms with Crippen molar-refractivity contribution in [1.29, 1.82) is 0 Å².